The van der Waals surface area contributed by atoms with Crippen molar-refractivity contribution in [3.63, 3.8) is 0 Å². The SMILES string of the molecule is Cc1ccccc1CCNC(=O)NC(C)C1CC2CCC1C2. The van der Waals surface area contributed by atoms with Crippen molar-refractivity contribution >= 4 is 6.03 Å². The summed E-state index contributed by atoms with van der Waals surface area (Å²) in [4.78, 5) is 12.1. The summed E-state index contributed by atoms with van der Waals surface area (Å²) >= 11 is 0. The Kier molecular flexibility index (Phi) is 4.70. The fourth-order valence-corrected chi connectivity index (χ4v) is 4.47. The van der Waals surface area contributed by atoms with Crippen molar-refractivity contribution in [3.8, 4) is 0 Å². The lowest BCUT2D eigenvalue weighted by molar-refractivity contribution is 0.220. The largest absolute Gasteiger partial charge is 0.338 e. The number of carbonyl (C=O) groups excluding carboxylic acids is 1. The van der Waals surface area contributed by atoms with Crippen LogP contribution in [0.15, 0.2) is 24.3 Å². The molecule has 1 aromatic carbocycles. The first-order valence-corrected chi connectivity index (χ1v) is 8.72. The number of amides is 2. The van der Waals surface area contributed by atoms with Crippen LogP contribution in [0.4, 0.5) is 4.79 Å². The van der Waals surface area contributed by atoms with E-state index in [-0.39, 0.29) is 6.03 Å². The molecule has 0 radical (unpaired) electrons. The number of hydrogen-bond acceptors (Lipinski definition) is 1. The first-order chi connectivity index (χ1) is 10.6. The van der Waals surface area contributed by atoms with Gasteiger partial charge in [0.2, 0.25) is 0 Å². The number of fused-ring (bicyclic) bond motifs is 2. The molecule has 0 aliphatic heterocycles. The third kappa shape index (κ3) is 3.45. The summed E-state index contributed by atoms with van der Waals surface area (Å²) in [6, 6.07) is 8.65. The van der Waals surface area contributed by atoms with Gasteiger partial charge in [-0.05, 0) is 68.4 Å². The Labute approximate surface area is 133 Å². The highest BCUT2D eigenvalue weighted by molar-refractivity contribution is 5.74. The summed E-state index contributed by atoms with van der Waals surface area (Å²) in [6.45, 7) is 4.99. The fourth-order valence-electron chi connectivity index (χ4n) is 4.47. The highest BCUT2D eigenvalue weighted by Gasteiger charge is 2.42. The van der Waals surface area contributed by atoms with Crippen LogP contribution in [-0.4, -0.2) is 18.6 Å². The monoisotopic (exact) mass is 300 g/mol. The zero-order chi connectivity index (χ0) is 15.5. The second-order valence-electron chi connectivity index (χ2n) is 7.20. The van der Waals surface area contributed by atoms with E-state index < -0.39 is 0 Å². The number of urea groups is 1. The zero-order valence-electron chi connectivity index (χ0n) is 13.8. The predicted molar refractivity (Wildman–Crippen MR) is 89.8 cm³/mol. The van der Waals surface area contributed by atoms with Gasteiger partial charge in [-0.2, -0.15) is 0 Å². The van der Waals surface area contributed by atoms with Gasteiger partial charge in [0, 0.05) is 12.6 Å². The van der Waals surface area contributed by atoms with Gasteiger partial charge < -0.3 is 10.6 Å². The number of hydrogen-bond donors (Lipinski definition) is 2. The molecule has 0 aromatic heterocycles. The summed E-state index contributed by atoms with van der Waals surface area (Å²) < 4.78 is 0. The molecule has 4 unspecified atom stereocenters. The summed E-state index contributed by atoms with van der Waals surface area (Å²) in [7, 11) is 0. The Morgan fingerprint density at radius 2 is 2.09 bits per heavy atom. The molecular weight excluding hydrogens is 272 g/mol. The molecule has 2 fully saturated rings. The van der Waals surface area contributed by atoms with E-state index in [1.807, 2.05) is 0 Å². The van der Waals surface area contributed by atoms with Crippen molar-refractivity contribution in [1.82, 2.24) is 10.6 Å². The van der Waals surface area contributed by atoms with Crippen molar-refractivity contribution in [2.24, 2.45) is 17.8 Å². The van der Waals surface area contributed by atoms with Crippen molar-refractivity contribution in [1.29, 1.82) is 0 Å². The topological polar surface area (TPSA) is 41.1 Å². The van der Waals surface area contributed by atoms with Crippen molar-refractivity contribution < 1.29 is 4.79 Å². The van der Waals surface area contributed by atoms with Gasteiger partial charge in [0.05, 0.1) is 0 Å². The lowest BCUT2D eigenvalue weighted by atomic mass is 9.84. The van der Waals surface area contributed by atoms with E-state index in [0.717, 1.165) is 18.3 Å². The standard InChI is InChI=1S/C19H28N2O/c1-13-5-3-4-6-16(13)9-10-20-19(22)21-14(2)18-12-15-7-8-17(18)11-15/h3-6,14-15,17-18H,7-12H2,1-2H3,(H2,20,21,22). The smallest absolute Gasteiger partial charge is 0.315 e. The number of rotatable bonds is 5. The Morgan fingerprint density at radius 3 is 2.77 bits per heavy atom. The molecule has 3 nitrogen and oxygen atoms in total. The van der Waals surface area contributed by atoms with Crippen LogP contribution in [0.5, 0.6) is 0 Å². The maximum atomic E-state index is 12.1. The molecule has 0 spiro atoms. The first kappa shape index (κ1) is 15.4. The second-order valence-corrected chi connectivity index (χ2v) is 7.20. The van der Waals surface area contributed by atoms with Crippen LogP contribution in [0.2, 0.25) is 0 Å². The van der Waals surface area contributed by atoms with Crippen LogP contribution in [-0.2, 0) is 6.42 Å². The maximum absolute atomic E-state index is 12.1. The highest BCUT2D eigenvalue weighted by atomic mass is 16.2. The Balaban J connectivity index is 1.40. The van der Waals surface area contributed by atoms with E-state index in [4.69, 9.17) is 0 Å². The lowest BCUT2D eigenvalue weighted by Gasteiger charge is -2.28. The third-order valence-electron chi connectivity index (χ3n) is 5.73. The van der Waals surface area contributed by atoms with Crippen molar-refractivity contribution in [2.45, 2.75) is 52.0 Å². The molecule has 2 aliphatic rings. The highest BCUT2D eigenvalue weighted by Crippen LogP contribution is 2.49. The van der Waals surface area contributed by atoms with Gasteiger partial charge in [-0.1, -0.05) is 30.7 Å². The molecule has 4 atom stereocenters. The minimum atomic E-state index is -0.0103. The lowest BCUT2D eigenvalue weighted by Crippen LogP contribution is -2.45. The summed E-state index contributed by atoms with van der Waals surface area (Å²) in [5.41, 5.74) is 2.60. The number of nitrogens with one attached hydrogen (secondary N) is 2. The van der Waals surface area contributed by atoms with Gasteiger partial charge in [0.1, 0.15) is 0 Å². The normalized spacial score (nSPS) is 27.6. The number of benzene rings is 1. The van der Waals surface area contributed by atoms with Gasteiger partial charge >= 0.3 is 6.03 Å². The molecule has 2 N–H and O–H groups in total. The molecule has 2 saturated carbocycles. The van der Waals surface area contributed by atoms with Gasteiger partial charge in [-0.3, -0.25) is 0 Å². The maximum Gasteiger partial charge on any atom is 0.315 e. The molecule has 22 heavy (non-hydrogen) atoms. The van der Waals surface area contributed by atoms with Crippen LogP contribution in [0.25, 0.3) is 0 Å². The van der Waals surface area contributed by atoms with E-state index in [2.05, 4.69) is 48.7 Å². The third-order valence-corrected chi connectivity index (χ3v) is 5.73. The molecule has 0 heterocycles. The molecular formula is C19H28N2O. The average Bonchev–Trinajstić information content (AvgIpc) is 3.12. The van der Waals surface area contributed by atoms with Gasteiger partial charge in [0.25, 0.3) is 0 Å². The van der Waals surface area contributed by atoms with Crippen LogP contribution in [0.1, 0.15) is 43.7 Å². The molecule has 2 bridgehead atoms. The minimum absolute atomic E-state index is 0.0103. The van der Waals surface area contributed by atoms with Crippen molar-refractivity contribution in [2.75, 3.05) is 6.54 Å². The average molecular weight is 300 g/mol. The van der Waals surface area contributed by atoms with Gasteiger partial charge in [0.15, 0.2) is 0 Å². The molecule has 3 heteroatoms. The van der Waals surface area contributed by atoms with E-state index in [9.17, 15) is 4.79 Å². The van der Waals surface area contributed by atoms with Gasteiger partial charge in [-0.15, -0.1) is 0 Å². The Morgan fingerprint density at radius 1 is 1.27 bits per heavy atom. The Bertz CT molecular complexity index is 528. The summed E-state index contributed by atoms with van der Waals surface area (Å²) in [6.07, 6.45) is 6.39. The van der Waals surface area contributed by atoms with E-state index in [1.165, 1.54) is 36.8 Å². The van der Waals surface area contributed by atoms with Crippen LogP contribution >= 0.6 is 0 Å². The first-order valence-electron chi connectivity index (χ1n) is 8.72. The molecule has 2 amide bonds. The quantitative estimate of drug-likeness (QED) is 0.856. The zero-order valence-corrected chi connectivity index (χ0v) is 13.8. The number of carbonyl (C=O) groups is 1. The molecule has 3 rings (SSSR count). The number of aryl methyl sites for hydroxylation is 1. The molecule has 120 valence electrons. The van der Waals surface area contributed by atoms with E-state index >= 15 is 0 Å². The minimum Gasteiger partial charge on any atom is -0.338 e. The predicted octanol–water partition coefficient (Wildman–Crippen LogP) is 3.66. The molecule has 0 saturated heterocycles. The molecule has 2 aliphatic carbocycles. The molecule has 1 aromatic rings. The van der Waals surface area contributed by atoms with E-state index in [0.29, 0.717) is 18.5 Å². The Hall–Kier alpha value is -1.51. The second kappa shape index (κ2) is 6.72. The fraction of sp³-hybridized carbons (Fsp3) is 0.632. The van der Waals surface area contributed by atoms with Crippen LogP contribution in [0.3, 0.4) is 0 Å². The summed E-state index contributed by atoms with van der Waals surface area (Å²) in [5.74, 6) is 2.48. The van der Waals surface area contributed by atoms with Crippen LogP contribution in [0, 0.1) is 24.7 Å². The summed E-state index contributed by atoms with van der Waals surface area (Å²) in [5, 5.41) is 6.16. The van der Waals surface area contributed by atoms with Crippen molar-refractivity contribution in [3.05, 3.63) is 35.4 Å². The van der Waals surface area contributed by atoms with E-state index in [1.54, 1.807) is 0 Å². The van der Waals surface area contributed by atoms with Crippen LogP contribution < -0.4 is 10.6 Å². The van der Waals surface area contributed by atoms with Gasteiger partial charge in [-0.25, -0.2) is 4.79 Å².